The third-order valence-electron chi connectivity index (χ3n) is 6.33. The highest BCUT2D eigenvalue weighted by molar-refractivity contribution is 6.46. The Hall–Kier alpha value is -3.99. The number of ketones is 1. The Bertz CT molecular complexity index is 1260. The van der Waals surface area contributed by atoms with Crippen molar-refractivity contribution in [2.45, 2.75) is 19.4 Å². The van der Waals surface area contributed by atoms with Crippen molar-refractivity contribution < 1.29 is 19.1 Å². The molecule has 2 aliphatic heterocycles. The summed E-state index contributed by atoms with van der Waals surface area (Å²) in [4.78, 5) is 41.9. The number of carbonyl (C=O) groups is 3. The Morgan fingerprint density at radius 2 is 1.25 bits per heavy atom. The summed E-state index contributed by atoms with van der Waals surface area (Å²) in [7, 11) is 0. The van der Waals surface area contributed by atoms with E-state index in [1.165, 1.54) is 0 Å². The van der Waals surface area contributed by atoms with Gasteiger partial charge in [0.15, 0.2) is 5.60 Å². The monoisotopic (exact) mass is 423 g/mol. The Morgan fingerprint density at radius 3 is 1.84 bits per heavy atom. The molecule has 1 saturated heterocycles. The van der Waals surface area contributed by atoms with Gasteiger partial charge in [-0.2, -0.15) is 0 Å². The maximum Gasteiger partial charge on any atom is 0.380 e. The van der Waals surface area contributed by atoms with Gasteiger partial charge in [0.25, 0.3) is 5.78 Å². The molecule has 1 atom stereocenters. The summed E-state index contributed by atoms with van der Waals surface area (Å²) in [6.45, 7) is 3.46. The lowest BCUT2D eigenvalue weighted by atomic mass is 9.63. The normalized spacial score (nSPS) is 22.1. The van der Waals surface area contributed by atoms with Gasteiger partial charge in [-0.3, -0.25) is 14.5 Å². The molecule has 5 rings (SSSR count). The number of fused-ring (bicyclic) bond motifs is 1. The number of hydrogen-bond donors (Lipinski definition) is 0. The van der Waals surface area contributed by atoms with E-state index in [4.69, 9.17) is 4.74 Å². The molecule has 0 spiro atoms. The molecule has 5 heteroatoms. The average Bonchev–Trinajstić information content (AvgIpc) is 3.10. The van der Waals surface area contributed by atoms with Crippen molar-refractivity contribution in [2.24, 2.45) is 5.41 Å². The van der Waals surface area contributed by atoms with Crippen LogP contribution in [-0.2, 0) is 24.7 Å². The van der Waals surface area contributed by atoms with Gasteiger partial charge in [-0.05, 0) is 31.5 Å². The van der Waals surface area contributed by atoms with Crippen molar-refractivity contribution in [2.75, 3.05) is 4.90 Å². The van der Waals surface area contributed by atoms with Gasteiger partial charge in [-0.1, -0.05) is 78.9 Å². The number of Topliss-reactive ketones (excluding diaryl/α,β-unsaturated/α-hetero) is 1. The minimum Gasteiger partial charge on any atom is -0.442 e. The summed E-state index contributed by atoms with van der Waals surface area (Å²) in [5.41, 5.74) is -0.356. The molecule has 1 unspecified atom stereocenters. The minimum atomic E-state index is -1.53. The highest BCUT2D eigenvalue weighted by Crippen LogP contribution is 2.59. The fourth-order valence-corrected chi connectivity index (χ4v) is 4.79. The number of nitrogens with zero attached hydrogens (tertiary/aromatic N) is 1. The number of amides is 1. The smallest absolute Gasteiger partial charge is 0.380 e. The first-order valence-electron chi connectivity index (χ1n) is 10.4. The van der Waals surface area contributed by atoms with Crippen molar-refractivity contribution in [3.8, 4) is 0 Å². The molecule has 1 fully saturated rings. The van der Waals surface area contributed by atoms with Gasteiger partial charge >= 0.3 is 5.97 Å². The van der Waals surface area contributed by atoms with Gasteiger partial charge < -0.3 is 4.74 Å². The Balaban J connectivity index is 1.95. The number of carbonyl (C=O) groups excluding carboxylic acids is 3. The number of ether oxygens (including phenoxy) is 1. The summed E-state index contributed by atoms with van der Waals surface area (Å²) in [6.07, 6.45) is 0. The maximum absolute atomic E-state index is 14.2. The fourth-order valence-electron chi connectivity index (χ4n) is 4.79. The van der Waals surface area contributed by atoms with Crippen LogP contribution in [-0.4, -0.2) is 17.7 Å². The van der Waals surface area contributed by atoms with Crippen LogP contribution in [0.4, 0.5) is 5.69 Å². The number of rotatable bonds is 3. The highest BCUT2D eigenvalue weighted by Gasteiger charge is 2.68. The zero-order valence-corrected chi connectivity index (χ0v) is 17.7. The molecule has 0 N–H and O–H groups in total. The predicted octanol–water partition coefficient (Wildman–Crippen LogP) is 4.49. The predicted molar refractivity (Wildman–Crippen MR) is 120 cm³/mol. The molecule has 3 aromatic rings. The summed E-state index contributed by atoms with van der Waals surface area (Å²) in [5.74, 6) is -1.94. The van der Waals surface area contributed by atoms with Gasteiger partial charge in [-0.15, -0.1) is 0 Å². The molecule has 2 heterocycles. The van der Waals surface area contributed by atoms with Crippen molar-refractivity contribution in [1.29, 1.82) is 0 Å². The SMILES string of the molecule is CC1(C)C(=O)N(c2ccccc2)C(c2ccccc2)=C2C(=O)C(=O)OC21c1ccccc1. The van der Waals surface area contributed by atoms with E-state index < -0.39 is 22.8 Å². The van der Waals surface area contributed by atoms with Crippen LogP contribution in [0.1, 0.15) is 25.0 Å². The van der Waals surface area contributed by atoms with E-state index in [2.05, 4.69) is 0 Å². The number of hydrogen-bond acceptors (Lipinski definition) is 4. The van der Waals surface area contributed by atoms with Crippen LogP contribution in [0.5, 0.6) is 0 Å². The number of anilines is 1. The summed E-state index contributed by atoms with van der Waals surface area (Å²) in [5, 5.41) is 0. The number of esters is 1. The first kappa shape index (κ1) is 19.9. The second-order valence-electron chi connectivity index (χ2n) is 8.46. The fraction of sp³-hybridized carbons (Fsp3) is 0.148. The molecule has 3 aromatic carbocycles. The lowest BCUT2D eigenvalue weighted by molar-refractivity contribution is -0.165. The molecule has 158 valence electrons. The van der Waals surface area contributed by atoms with Crippen LogP contribution in [0.15, 0.2) is 96.6 Å². The largest absolute Gasteiger partial charge is 0.442 e. The van der Waals surface area contributed by atoms with E-state index in [-0.39, 0.29) is 11.5 Å². The van der Waals surface area contributed by atoms with E-state index in [1.807, 2.05) is 78.9 Å². The lowest BCUT2D eigenvalue weighted by Gasteiger charge is -2.49. The summed E-state index contributed by atoms with van der Waals surface area (Å²) in [6, 6.07) is 27.4. The van der Waals surface area contributed by atoms with Gasteiger partial charge in [0, 0.05) is 11.3 Å². The second kappa shape index (κ2) is 7.02. The summed E-state index contributed by atoms with van der Waals surface area (Å²) >= 11 is 0. The molecule has 0 bridgehead atoms. The molecule has 0 radical (unpaired) electrons. The zero-order valence-electron chi connectivity index (χ0n) is 17.7. The van der Waals surface area contributed by atoms with Crippen molar-refractivity contribution in [1.82, 2.24) is 0 Å². The number of para-hydroxylation sites is 1. The average molecular weight is 423 g/mol. The third kappa shape index (κ3) is 2.54. The standard InChI is InChI=1S/C27H21NO4/c1-26(2)25(31)28(20-16-10-5-11-17-20)22(18-12-6-3-7-13-18)21-23(29)24(30)32-27(21,26)19-14-8-4-9-15-19/h3-17H,1-2H3. The van der Waals surface area contributed by atoms with Crippen LogP contribution in [0, 0.1) is 5.41 Å². The van der Waals surface area contributed by atoms with E-state index >= 15 is 0 Å². The Kier molecular flexibility index (Phi) is 4.38. The summed E-state index contributed by atoms with van der Waals surface area (Å²) < 4.78 is 5.88. The molecule has 0 aromatic heterocycles. The van der Waals surface area contributed by atoms with Crippen LogP contribution in [0.2, 0.25) is 0 Å². The van der Waals surface area contributed by atoms with E-state index in [9.17, 15) is 14.4 Å². The molecular formula is C27H21NO4. The van der Waals surface area contributed by atoms with Crippen molar-refractivity contribution in [3.63, 3.8) is 0 Å². The Morgan fingerprint density at radius 1 is 0.719 bits per heavy atom. The van der Waals surface area contributed by atoms with Crippen LogP contribution in [0.3, 0.4) is 0 Å². The minimum absolute atomic E-state index is 0.188. The topological polar surface area (TPSA) is 63.7 Å². The van der Waals surface area contributed by atoms with Gasteiger partial charge in [-0.25, -0.2) is 4.79 Å². The Labute approximate surface area is 185 Å². The van der Waals surface area contributed by atoms with Crippen LogP contribution in [0.25, 0.3) is 5.70 Å². The molecular weight excluding hydrogens is 402 g/mol. The molecule has 0 aliphatic carbocycles. The highest BCUT2D eigenvalue weighted by atomic mass is 16.6. The van der Waals surface area contributed by atoms with E-state index in [0.29, 0.717) is 22.5 Å². The molecule has 1 amide bonds. The molecule has 2 aliphatic rings. The van der Waals surface area contributed by atoms with Crippen molar-refractivity contribution in [3.05, 3.63) is 108 Å². The van der Waals surface area contributed by atoms with Crippen LogP contribution < -0.4 is 4.90 Å². The number of benzene rings is 3. The second-order valence-corrected chi connectivity index (χ2v) is 8.46. The first-order chi connectivity index (χ1) is 15.4. The van der Waals surface area contributed by atoms with Crippen LogP contribution >= 0.6 is 0 Å². The van der Waals surface area contributed by atoms with Crippen molar-refractivity contribution >= 4 is 29.0 Å². The molecule has 32 heavy (non-hydrogen) atoms. The lowest BCUT2D eigenvalue weighted by Crippen LogP contribution is -2.58. The van der Waals surface area contributed by atoms with E-state index in [1.54, 1.807) is 30.9 Å². The third-order valence-corrected chi connectivity index (χ3v) is 6.33. The van der Waals surface area contributed by atoms with E-state index in [0.717, 1.165) is 0 Å². The quantitative estimate of drug-likeness (QED) is 0.460. The molecule has 0 saturated carbocycles. The zero-order chi connectivity index (χ0) is 22.5. The first-order valence-corrected chi connectivity index (χ1v) is 10.4. The van der Waals surface area contributed by atoms with Gasteiger partial charge in [0.2, 0.25) is 5.91 Å². The maximum atomic E-state index is 14.2. The van der Waals surface area contributed by atoms with Gasteiger partial charge in [0.1, 0.15) is 0 Å². The molecule has 5 nitrogen and oxygen atoms in total. The van der Waals surface area contributed by atoms with Gasteiger partial charge in [0.05, 0.1) is 16.7 Å².